The highest BCUT2D eigenvalue weighted by Crippen LogP contribution is 2.36. The Morgan fingerprint density at radius 1 is 1.24 bits per heavy atom. The first kappa shape index (κ1) is 16.4. The fourth-order valence-electron chi connectivity index (χ4n) is 3.27. The smallest absolute Gasteiger partial charge is 0.125 e. The van der Waals surface area contributed by atoms with Gasteiger partial charge >= 0.3 is 0 Å². The third kappa shape index (κ3) is 4.00. The van der Waals surface area contributed by atoms with Crippen LogP contribution in [0.15, 0.2) is 12.1 Å². The maximum absolute atomic E-state index is 5.82. The van der Waals surface area contributed by atoms with Gasteiger partial charge in [0.2, 0.25) is 0 Å². The van der Waals surface area contributed by atoms with Crippen molar-refractivity contribution in [1.82, 2.24) is 5.32 Å². The number of rotatable bonds is 4. The molecule has 2 nitrogen and oxygen atoms in total. The molecule has 1 aromatic rings. The number of aryl methyl sites for hydroxylation is 1. The first-order chi connectivity index (χ1) is 9.95. The maximum atomic E-state index is 5.82. The van der Waals surface area contributed by atoms with Crippen LogP contribution in [0.1, 0.15) is 63.6 Å². The summed E-state index contributed by atoms with van der Waals surface area (Å²) < 4.78 is 5.82. The highest BCUT2D eigenvalue weighted by molar-refractivity contribution is 5.48. The largest absolute Gasteiger partial charge is 0.496 e. The highest BCUT2D eigenvalue weighted by atomic mass is 16.5. The van der Waals surface area contributed by atoms with E-state index in [0.29, 0.717) is 6.04 Å². The van der Waals surface area contributed by atoms with Crippen molar-refractivity contribution in [2.75, 3.05) is 13.7 Å². The molecule has 118 valence electrons. The molecule has 1 aromatic carbocycles. The Morgan fingerprint density at radius 2 is 2.00 bits per heavy atom. The van der Waals surface area contributed by atoms with Gasteiger partial charge in [-0.2, -0.15) is 0 Å². The summed E-state index contributed by atoms with van der Waals surface area (Å²) in [4.78, 5) is 0. The first-order valence-electron chi connectivity index (χ1n) is 8.39. The molecule has 0 spiro atoms. The van der Waals surface area contributed by atoms with Crippen LogP contribution in [0, 0.1) is 0 Å². The molecular formula is C19H31NO. The summed E-state index contributed by atoms with van der Waals surface area (Å²) in [7, 11) is 1.81. The molecule has 1 aliphatic rings. The normalized spacial score (nSPS) is 19.6. The molecule has 0 amide bonds. The Morgan fingerprint density at radius 3 is 2.52 bits per heavy atom. The van der Waals surface area contributed by atoms with E-state index >= 15 is 0 Å². The Bertz CT molecular complexity index is 467. The van der Waals surface area contributed by atoms with Gasteiger partial charge in [-0.1, -0.05) is 46.2 Å². The van der Waals surface area contributed by atoms with Gasteiger partial charge in [-0.3, -0.25) is 0 Å². The number of benzene rings is 1. The minimum Gasteiger partial charge on any atom is -0.496 e. The van der Waals surface area contributed by atoms with Crippen molar-refractivity contribution in [3.05, 3.63) is 28.8 Å². The third-order valence-corrected chi connectivity index (χ3v) is 4.52. The molecule has 0 radical (unpaired) electrons. The van der Waals surface area contributed by atoms with Crippen molar-refractivity contribution in [3.63, 3.8) is 0 Å². The van der Waals surface area contributed by atoms with Crippen LogP contribution in [-0.2, 0) is 18.3 Å². The van der Waals surface area contributed by atoms with Crippen molar-refractivity contribution in [1.29, 1.82) is 0 Å². The van der Waals surface area contributed by atoms with Gasteiger partial charge in [0.15, 0.2) is 0 Å². The van der Waals surface area contributed by atoms with E-state index in [1.54, 1.807) is 0 Å². The van der Waals surface area contributed by atoms with Crippen LogP contribution in [0.25, 0.3) is 0 Å². The van der Waals surface area contributed by atoms with Crippen molar-refractivity contribution < 1.29 is 4.74 Å². The van der Waals surface area contributed by atoms with Crippen LogP contribution in [0.4, 0.5) is 0 Å². The molecule has 1 unspecified atom stereocenters. The SMILES string of the molecule is CCc1cc(CC2CCCCN2)c(OC)c(C(C)(C)C)c1. The van der Waals surface area contributed by atoms with Gasteiger partial charge in [0.1, 0.15) is 5.75 Å². The lowest BCUT2D eigenvalue weighted by Gasteiger charge is -2.28. The molecule has 1 fully saturated rings. The molecule has 0 saturated carbocycles. The zero-order chi connectivity index (χ0) is 15.5. The summed E-state index contributed by atoms with van der Waals surface area (Å²) in [6, 6.07) is 5.29. The van der Waals surface area contributed by atoms with E-state index in [0.717, 1.165) is 25.1 Å². The minimum absolute atomic E-state index is 0.116. The minimum atomic E-state index is 0.116. The van der Waals surface area contributed by atoms with Crippen LogP contribution in [0.5, 0.6) is 5.75 Å². The molecule has 21 heavy (non-hydrogen) atoms. The first-order valence-corrected chi connectivity index (χ1v) is 8.39. The monoisotopic (exact) mass is 289 g/mol. The van der Waals surface area contributed by atoms with E-state index in [-0.39, 0.29) is 5.41 Å². The number of hydrogen-bond donors (Lipinski definition) is 1. The van der Waals surface area contributed by atoms with E-state index < -0.39 is 0 Å². The predicted molar refractivity (Wildman–Crippen MR) is 90.4 cm³/mol. The Kier molecular flexibility index (Phi) is 5.32. The molecule has 1 heterocycles. The number of nitrogens with one attached hydrogen (secondary N) is 1. The fraction of sp³-hybridized carbons (Fsp3) is 0.684. The van der Waals surface area contributed by atoms with E-state index in [1.165, 1.54) is 36.0 Å². The molecule has 1 atom stereocenters. The summed E-state index contributed by atoms with van der Waals surface area (Å²) >= 11 is 0. The average Bonchev–Trinajstić information content (AvgIpc) is 2.46. The lowest BCUT2D eigenvalue weighted by Crippen LogP contribution is -2.35. The van der Waals surface area contributed by atoms with Gasteiger partial charge < -0.3 is 10.1 Å². The van der Waals surface area contributed by atoms with Crippen LogP contribution in [0.2, 0.25) is 0 Å². The highest BCUT2D eigenvalue weighted by Gasteiger charge is 2.24. The molecular weight excluding hydrogens is 258 g/mol. The molecule has 2 rings (SSSR count). The van der Waals surface area contributed by atoms with E-state index in [9.17, 15) is 0 Å². The summed E-state index contributed by atoms with van der Waals surface area (Å²) in [5, 5.41) is 3.66. The van der Waals surface area contributed by atoms with Gasteiger partial charge in [0.25, 0.3) is 0 Å². The molecule has 1 aliphatic heterocycles. The summed E-state index contributed by atoms with van der Waals surface area (Å²) in [5.74, 6) is 1.10. The molecule has 0 aliphatic carbocycles. The van der Waals surface area contributed by atoms with Crippen LogP contribution in [0.3, 0.4) is 0 Å². The number of ether oxygens (including phenoxy) is 1. The molecule has 1 N–H and O–H groups in total. The molecule has 0 aromatic heterocycles. The van der Waals surface area contributed by atoms with Crippen LogP contribution in [-0.4, -0.2) is 19.7 Å². The Balaban J connectivity index is 2.37. The van der Waals surface area contributed by atoms with Crippen LogP contribution >= 0.6 is 0 Å². The Labute approximate surface area is 130 Å². The number of piperidine rings is 1. The molecule has 0 bridgehead atoms. The van der Waals surface area contributed by atoms with Crippen LogP contribution < -0.4 is 10.1 Å². The zero-order valence-corrected chi connectivity index (χ0v) is 14.4. The summed E-state index contributed by atoms with van der Waals surface area (Å²) in [6.45, 7) is 10.2. The second kappa shape index (κ2) is 6.83. The van der Waals surface area contributed by atoms with Crippen molar-refractivity contribution in [3.8, 4) is 5.75 Å². The van der Waals surface area contributed by atoms with Crippen molar-refractivity contribution >= 4 is 0 Å². The number of hydrogen-bond acceptors (Lipinski definition) is 2. The Hall–Kier alpha value is -1.02. The standard InChI is InChI=1S/C19H31NO/c1-6-14-11-15(13-16-9-7-8-10-20-16)18(21-5)17(12-14)19(2,3)4/h11-12,16,20H,6-10,13H2,1-5H3. The van der Waals surface area contributed by atoms with Gasteiger partial charge in [0.05, 0.1) is 7.11 Å². The summed E-state index contributed by atoms with van der Waals surface area (Å²) in [5.41, 5.74) is 4.26. The third-order valence-electron chi connectivity index (χ3n) is 4.52. The molecule has 1 saturated heterocycles. The maximum Gasteiger partial charge on any atom is 0.125 e. The average molecular weight is 289 g/mol. The fourth-order valence-corrected chi connectivity index (χ4v) is 3.27. The second-order valence-corrected chi connectivity index (χ2v) is 7.29. The lowest BCUT2D eigenvalue weighted by atomic mass is 9.82. The molecule has 2 heteroatoms. The topological polar surface area (TPSA) is 21.3 Å². The predicted octanol–water partition coefficient (Wildman–Crippen LogP) is 4.24. The zero-order valence-electron chi connectivity index (χ0n) is 14.4. The summed E-state index contributed by atoms with van der Waals surface area (Å²) in [6.07, 6.45) is 6.11. The van der Waals surface area contributed by atoms with Gasteiger partial charge in [-0.05, 0) is 48.8 Å². The van der Waals surface area contributed by atoms with Gasteiger partial charge in [-0.15, -0.1) is 0 Å². The van der Waals surface area contributed by atoms with Gasteiger partial charge in [0, 0.05) is 11.6 Å². The lowest BCUT2D eigenvalue weighted by molar-refractivity contribution is 0.373. The quantitative estimate of drug-likeness (QED) is 0.895. The van der Waals surface area contributed by atoms with Gasteiger partial charge in [-0.25, -0.2) is 0 Å². The van der Waals surface area contributed by atoms with Crippen molar-refractivity contribution in [2.45, 2.75) is 71.3 Å². The van der Waals surface area contributed by atoms with E-state index in [4.69, 9.17) is 4.74 Å². The second-order valence-electron chi connectivity index (χ2n) is 7.29. The van der Waals surface area contributed by atoms with E-state index in [2.05, 4.69) is 45.1 Å². The van der Waals surface area contributed by atoms with E-state index in [1.807, 2.05) is 7.11 Å². The number of methoxy groups -OCH3 is 1. The van der Waals surface area contributed by atoms with Crippen molar-refractivity contribution in [2.24, 2.45) is 0 Å².